The summed E-state index contributed by atoms with van der Waals surface area (Å²) in [5.41, 5.74) is -1.30. The Morgan fingerprint density at radius 3 is 2.08 bits per heavy atom. The predicted molar refractivity (Wildman–Crippen MR) is 41.8 cm³/mol. The average Bonchev–Trinajstić information content (AvgIpc) is 2.04. The third-order valence-electron chi connectivity index (χ3n) is 2.54. The molecule has 74 valence electrons. The van der Waals surface area contributed by atoms with E-state index in [0.717, 1.165) is 0 Å². The Hall–Kier alpha value is -0.690. The third-order valence-corrected chi connectivity index (χ3v) is 2.54. The van der Waals surface area contributed by atoms with Gasteiger partial charge in [-0.15, -0.1) is 6.42 Å². The quantitative estimate of drug-likeness (QED) is 0.583. The zero-order valence-corrected chi connectivity index (χ0v) is 7.06. The molecule has 1 aliphatic carbocycles. The van der Waals surface area contributed by atoms with E-state index in [2.05, 4.69) is 5.92 Å². The number of rotatable bonds is 0. The minimum atomic E-state index is -4.14. The molecule has 1 nitrogen and oxygen atoms in total. The Bertz CT molecular complexity index is 218. The van der Waals surface area contributed by atoms with E-state index in [4.69, 9.17) is 6.42 Å². The molecule has 0 saturated heterocycles. The van der Waals surface area contributed by atoms with Crippen LogP contribution in [-0.2, 0) is 0 Å². The second-order valence-electron chi connectivity index (χ2n) is 3.49. The first-order valence-electron chi connectivity index (χ1n) is 4.14. The Labute approximate surface area is 74.9 Å². The number of halogens is 3. The molecule has 4 heteroatoms. The van der Waals surface area contributed by atoms with Crippen molar-refractivity contribution in [1.29, 1.82) is 0 Å². The maximum atomic E-state index is 12.2. The Morgan fingerprint density at radius 1 is 1.31 bits per heavy atom. The van der Waals surface area contributed by atoms with Crippen molar-refractivity contribution in [3.63, 3.8) is 0 Å². The number of alkyl halides is 3. The largest absolute Gasteiger partial charge is 0.391 e. The Balaban J connectivity index is 2.54. The molecule has 0 heterocycles. The summed E-state index contributed by atoms with van der Waals surface area (Å²) in [6.45, 7) is 0. The van der Waals surface area contributed by atoms with Crippen molar-refractivity contribution in [1.82, 2.24) is 0 Å². The van der Waals surface area contributed by atoms with Gasteiger partial charge in [-0.05, 0) is 25.7 Å². The second kappa shape index (κ2) is 3.22. The van der Waals surface area contributed by atoms with Crippen LogP contribution in [0.15, 0.2) is 0 Å². The maximum absolute atomic E-state index is 12.2. The van der Waals surface area contributed by atoms with Crippen LogP contribution in [0.3, 0.4) is 0 Å². The molecule has 0 bridgehead atoms. The van der Waals surface area contributed by atoms with Gasteiger partial charge >= 0.3 is 6.18 Å². The normalized spacial score (nSPS) is 35.5. The molecule has 0 atom stereocenters. The molecule has 1 fully saturated rings. The number of hydrogen-bond donors (Lipinski definition) is 1. The average molecular weight is 192 g/mol. The van der Waals surface area contributed by atoms with Crippen LogP contribution in [-0.4, -0.2) is 16.9 Å². The van der Waals surface area contributed by atoms with Gasteiger partial charge in [0, 0.05) is 0 Å². The van der Waals surface area contributed by atoms with Gasteiger partial charge in [-0.25, -0.2) is 0 Å². The molecule has 1 saturated carbocycles. The van der Waals surface area contributed by atoms with Gasteiger partial charge in [-0.2, -0.15) is 13.2 Å². The molecule has 0 radical (unpaired) electrons. The highest BCUT2D eigenvalue weighted by Crippen LogP contribution is 2.40. The van der Waals surface area contributed by atoms with E-state index >= 15 is 0 Å². The lowest BCUT2D eigenvalue weighted by Crippen LogP contribution is -2.37. The first-order valence-corrected chi connectivity index (χ1v) is 4.14. The summed E-state index contributed by atoms with van der Waals surface area (Å²) < 4.78 is 36.5. The van der Waals surface area contributed by atoms with Crippen LogP contribution in [0, 0.1) is 18.3 Å². The van der Waals surface area contributed by atoms with Gasteiger partial charge in [0.15, 0.2) is 0 Å². The molecule has 0 aliphatic heterocycles. The summed E-state index contributed by atoms with van der Waals surface area (Å²) in [6.07, 6.45) is 0.836. The number of terminal acetylenes is 1. The fourth-order valence-corrected chi connectivity index (χ4v) is 1.57. The van der Waals surface area contributed by atoms with E-state index in [1.165, 1.54) is 0 Å². The van der Waals surface area contributed by atoms with Crippen molar-refractivity contribution in [2.75, 3.05) is 0 Å². The van der Waals surface area contributed by atoms with E-state index in [0.29, 0.717) is 0 Å². The van der Waals surface area contributed by atoms with Gasteiger partial charge < -0.3 is 5.11 Å². The molecule has 1 rings (SSSR count). The van der Waals surface area contributed by atoms with Crippen molar-refractivity contribution in [2.24, 2.45) is 5.92 Å². The second-order valence-corrected chi connectivity index (χ2v) is 3.49. The molecule has 0 aromatic carbocycles. The topological polar surface area (TPSA) is 20.2 Å². The monoisotopic (exact) mass is 192 g/mol. The Morgan fingerprint density at radius 2 is 1.77 bits per heavy atom. The third kappa shape index (κ3) is 2.38. The van der Waals surface area contributed by atoms with Gasteiger partial charge in [-0.1, -0.05) is 5.92 Å². The van der Waals surface area contributed by atoms with Gasteiger partial charge in [0.05, 0.1) is 5.92 Å². The number of hydrogen-bond acceptors (Lipinski definition) is 1. The van der Waals surface area contributed by atoms with E-state index < -0.39 is 17.7 Å². The minimum Gasteiger partial charge on any atom is -0.378 e. The molecule has 0 aromatic heterocycles. The highest BCUT2D eigenvalue weighted by Gasteiger charge is 2.44. The van der Waals surface area contributed by atoms with Crippen LogP contribution in [0.2, 0.25) is 0 Å². The van der Waals surface area contributed by atoms with Crippen LogP contribution in [0.4, 0.5) is 13.2 Å². The summed E-state index contributed by atoms with van der Waals surface area (Å²) >= 11 is 0. The van der Waals surface area contributed by atoms with Crippen molar-refractivity contribution in [3.05, 3.63) is 0 Å². The van der Waals surface area contributed by atoms with Crippen LogP contribution in [0.1, 0.15) is 25.7 Å². The molecule has 13 heavy (non-hydrogen) atoms. The zero-order chi connectivity index (χ0) is 10.1. The van der Waals surface area contributed by atoms with Crippen LogP contribution >= 0.6 is 0 Å². The van der Waals surface area contributed by atoms with Crippen LogP contribution in [0.5, 0.6) is 0 Å². The molecule has 1 aliphatic rings. The van der Waals surface area contributed by atoms with Gasteiger partial charge in [0.1, 0.15) is 5.60 Å². The zero-order valence-electron chi connectivity index (χ0n) is 7.06. The summed E-state index contributed by atoms with van der Waals surface area (Å²) in [7, 11) is 0. The smallest absolute Gasteiger partial charge is 0.378 e. The van der Waals surface area contributed by atoms with Crippen molar-refractivity contribution in [2.45, 2.75) is 37.5 Å². The molecule has 1 N–H and O–H groups in total. The molecular weight excluding hydrogens is 181 g/mol. The van der Waals surface area contributed by atoms with Crippen molar-refractivity contribution >= 4 is 0 Å². The minimum absolute atomic E-state index is 0.0493. The molecular formula is C9H11F3O. The van der Waals surface area contributed by atoms with Crippen molar-refractivity contribution in [3.8, 4) is 12.3 Å². The molecule has 0 amide bonds. The fraction of sp³-hybridized carbons (Fsp3) is 0.778. The standard InChI is InChI=1S/C9H11F3O/c1-2-8(13)5-3-7(4-6-8)9(10,11)12/h1,7,13H,3-6H2. The van der Waals surface area contributed by atoms with E-state index in [1.54, 1.807) is 0 Å². The summed E-state index contributed by atoms with van der Waals surface area (Å²) in [4.78, 5) is 0. The van der Waals surface area contributed by atoms with Crippen LogP contribution in [0.25, 0.3) is 0 Å². The lowest BCUT2D eigenvalue weighted by atomic mass is 9.79. The number of aliphatic hydroxyl groups is 1. The van der Waals surface area contributed by atoms with E-state index in [1.807, 2.05) is 0 Å². The highest BCUT2D eigenvalue weighted by molar-refractivity contribution is 5.09. The molecule has 0 spiro atoms. The van der Waals surface area contributed by atoms with Gasteiger partial charge in [-0.3, -0.25) is 0 Å². The fourth-order valence-electron chi connectivity index (χ4n) is 1.57. The van der Waals surface area contributed by atoms with E-state index in [9.17, 15) is 18.3 Å². The first-order chi connectivity index (χ1) is 5.87. The SMILES string of the molecule is C#CC1(O)CCC(C(F)(F)F)CC1. The maximum Gasteiger partial charge on any atom is 0.391 e. The van der Waals surface area contributed by atoms with Crippen LogP contribution < -0.4 is 0 Å². The van der Waals surface area contributed by atoms with Gasteiger partial charge in [0.2, 0.25) is 0 Å². The predicted octanol–water partition coefficient (Wildman–Crippen LogP) is 2.10. The first kappa shape index (κ1) is 10.4. The molecule has 0 unspecified atom stereocenters. The lowest BCUT2D eigenvalue weighted by molar-refractivity contribution is -0.188. The summed E-state index contributed by atoms with van der Waals surface area (Å²) in [5.74, 6) is 0.850. The van der Waals surface area contributed by atoms with Gasteiger partial charge in [0.25, 0.3) is 0 Å². The Kier molecular flexibility index (Phi) is 2.58. The summed E-state index contributed by atoms with van der Waals surface area (Å²) in [5, 5.41) is 9.46. The lowest BCUT2D eigenvalue weighted by Gasteiger charge is -2.32. The van der Waals surface area contributed by atoms with Crippen molar-refractivity contribution < 1.29 is 18.3 Å². The molecule has 0 aromatic rings. The highest BCUT2D eigenvalue weighted by atomic mass is 19.4. The summed E-state index contributed by atoms with van der Waals surface area (Å²) in [6, 6.07) is 0. The van der Waals surface area contributed by atoms with E-state index in [-0.39, 0.29) is 25.7 Å².